The number of anilines is 1. The lowest BCUT2D eigenvalue weighted by Crippen LogP contribution is -2.54. The molecule has 16 heavy (non-hydrogen) atoms. The molecule has 1 unspecified atom stereocenters. The zero-order valence-corrected chi connectivity index (χ0v) is 9.94. The standard InChI is InChI=1S/C10H15ClN4O/c1-16-7-9-6-12-2-3-15(9)10-13-4-8(11)5-14-10/h4-5,9,12H,2-3,6-7H2,1H3. The maximum Gasteiger partial charge on any atom is 0.225 e. The van der Waals surface area contributed by atoms with Crippen LogP contribution in [-0.4, -0.2) is 49.4 Å². The minimum atomic E-state index is 0.278. The number of ether oxygens (including phenoxy) is 1. The summed E-state index contributed by atoms with van der Waals surface area (Å²) in [5.74, 6) is 0.716. The third kappa shape index (κ3) is 2.61. The first-order chi connectivity index (χ1) is 7.81. The van der Waals surface area contributed by atoms with Crippen molar-refractivity contribution in [3.63, 3.8) is 0 Å². The van der Waals surface area contributed by atoms with Crippen molar-refractivity contribution < 1.29 is 4.74 Å². The SMILES string of the molecule is COCC1CNCCN1c1ncc(Cl)cn1. The van der Waals surface area contributed by atoms with Gasteiger partial charge in [-0.25, -0.2) is 9.97 Å². The van der Waals surface area contributed by atoms with Gasteiger partial charge >= 0.3 is 0 Å². The second kappa shape index (κ2) is 5.43. The Morgan fingerprint density at radius 1 is 1.56 bits per heavy atom. The summed E-state index contributed by atoms with van der Waals surface area (Å²) < 4.78 is 5.19. The number of rotatable bonds is 3. The average molecular weight is 243 g/mol. The Morgan fingerprint density at radius 3 is 3.00 bits per heavy atom. The van der Waals surface area contributed by atoms with Gasteiger partial charge in [-0.15, -0.1) is 0 Å². The highest BCUT2D eigenvalue weighted by atomic mass is 35.5. The molecule has 6 heteroatoms. The molecule has 1 aliphatic heterocycles. The van der Waals surface area contributed by atoms with Gasteiger partial charge in [0.2, 0.25) is 5.95 Å². The van der Waals surface area contributed by atoms with Crippen LogP contribution >= 0.6 is 11.6 Å². The van der Waals surface area contributed by atoms with Crippen molar-refractivity contribution in [2.24, 2.45) is 0 Å². The number of hydrogen-bond donors (Lipinski definition) is 1. The molecule has 5 nitrogen and oxygen atoms in total. The van der Waals surface area contributed by atoms with Crippen LogP contribution in [-0.2, 0) is 4.74 Å². The van der Waals surface area contributed by atoms with Crippen LogP contribution in [0.4, 0.5) is 5.95 Å². The molecule has 1 aliphatic rings. The van der Waals surface area contributed by atoms with Gasteiger partial charge in [0.15, 0.2) is 0 Å². The average Bonchev–Trinajstić information content (AvgIpc) is 2.32. The van der Waals surface area contributed by atoms with Crippen LogP contribution in [0.2, 0.25) is 5.02 Å². The quantitative estimate of drug-likeness (QED) is 0.839. The third-order valence-electron chi connectivity index (χ3n) is 2.57. The van der Waals surface area contributed by atoms with Gasteiger partial charge in [-0.1, -0.05) is 11.6 Å². The van der Waals surface area contributed by atoms with Crippen molar-refractivity contribution in [2.75, 3.05) is 38.3 Å². The Bertz CT molecular complexity index is 330. The minimum Gasteiger partial charge on any atom is -0.382 e. The first kappa shape index (κ1) is 11.6. The number of piperazine rings is 1. The lowest BCUT2D eigenvalue weighted by molar-refractivity contribution is 0.170. The van der Waals surface area contributed by atoms with Crippen molar-refractivity contribution in [1.29, 1.82) is 0 Å². The summed E-state index contributed by atoms with van der Waals surface area (Å²) in [6.45, 7) is 3.38. The van der Waals surface area contributed by atoms with Crippen LogP contribution < -0.4 is 10.2 Å². The van der Waals surface area contributed by atoms with Crippen molar-refractivity contribution in [3.8, 4) is 0 Å². The van der Waals surface area contributed by atoms with Crippen LogP contribution in [0.3, 0.4) is 0 Å². The molecule has 1 fully saturated rings. The van der Waals surface area contributed by atoms with Crippen LogP contribution in [0, 0.1) is 0 Å². The first-order valence-electron chi connectivity index (χ1n) is 5.25. The molecule has 88 valence electrons. The van der Waals surface area contributed by atoms with Crippen molar-refractivity contribution >= 4 is 17.5 Å². The fourth-order valence-electron chi connectivity index (χ4n) is 1.82. The fraction of sp³-hybridized carbons (Fsp3) is 0.600. The molecule has 0 amide bonds. The zero-order chi connectivity index (χ0) is 11.4. The molecule has 1 N–H and O–H groups in total. The lowest BCUT2D eigenvalue weighted by Gasteiger charge is -2.35. The summed E-state index contributed by atoms with van der Waals surface area (Å²) in [5.41, 5.74) is 0. The van der Waals surface area contributed by atoms with E-state index in [4.69, 9.17) is 16.3 Å². The lowest BCUT2D eigenvalue weighted by atomic mass is 10.2. The fourth-order valence-corrected chi connectivity index (χ4v) is 1.92. The normalized spacial score (nSPS) is 21.1. The Labute approximate surface area is 99.8 Å². The van der Waals surface area contributed by atoms with E-state index in [0.29, 0.717) is 17.6 Å². The summed E-state index contributed by atoms with van der Waals surface area (Å²) >= 11 is 5.77. The molecular formula is C10H15ClN4O. The molecule has 0 bridgehead atoms. The highest BCUT2D eigenvalue weighted by Gasteiger charge is 2.23. The molecule has 1 atom stereocenters. The van der Waals surface area contributed by atoms with E-state index in [1.54, 1.807) is 19.5 Å². The maximum atomic E-state index is 5.77. The summed E-state index contributed by atoms with van der Waals surface area (Å²) in [6, 6.07) is 0.278. The van der Waals surface area contributed by atoms with Crippen LogP contribution in [0.1, 0.15) is 0 Å². The van der Waals surface area contributed by atoms with E-state index in [2.05, 4.69) is 20.2 Å². The largest absolute Gasteiger partial charge is 0.382 e. The number of methoxy groups -OCH3 is 1. The van der Waals surface area contributed by atoms with E-state index in [1.165, 1.54) is 0 Å². The maximum absolute atomic E-state index is 5.77. The molecule has 0 spiro atoms. The van der Waals surface area contributed by atoms with Gasteiger partial charge in [-0.3, -0.25) is 0 Å². The van der Waals surface area contributed by atoms with Crippen molar-refractivity contribution in [3.05, 3.63) is 17.4 Å². The second-order valence-electron chi connectivity index (χ2n) is 3.71. The van der Waals surface area contributed by atoms with E-state index < -0.39 is 0 Å². The van der Waals surface area contributed by atoms with Crippen molar-refractivity contribution in [1.82, 2.24) is 15.3 Å². The number of halogens is 1. The molecule has 1 aromatic heterocycles. The predicted octanol–water partition coefficient (Wildman–Crippen LogP) is 0.555. The Hall–Kier alpha value is -0.910. The van der Waals surface area contributed by atoms with Gasteiger partial charge in [0.25, 0.3) is 0 Å². The molecule has 0 saturated carbocycles. The highest BCUT2D eigenvalue weighted by molar-refractivity contribution is 6.30. The monoisotopic (exact) mass is 242 g/mol. The summed E-state index contributed by atoms with van der Waals surface area (Å²) in [7, 11) is 1.70. The zero-order valence-electron chi connectivity index (χ0n) is 9.19. The van der Waals surface area contributed by atoms with Gasteiger partial charge in [-0.2, -0.15) is 0 Å². The number of nitrogens with zero attached hydrogens (tertiary/aromatic N) is 3. The second-order valence-corrected chi connectivity index (χ2v) is 4.14. The molecule has 0 aromatic carbocycles. The smallest absolute Gasteiger partial charge is 0.225 e. The van der Waals surface area contributed by atoms with Gasteiger partial charge in [0.05, 0.1) is 30.1 Å². The molecular weight excluding hydrogens is 228 g/mol. The predicted molar refractivity (Wildman–Crippen MR) is 62.9 cm³/mol. The number of hydrogen-bond acceptors (Lipinski definition) is 5. The number of nitrogens with one attached hydrogen (secondary N) is 1. The summed E-state index contributed by atoms with van der Waals surface area (Å²) in [5, 5.41) is 3.89. The topological polar surface area (TPSA) is 50.3 Å². The summed E-state index contributed by atoms with van der Waals surface area (Å²) in [6.07, 6.45) is 3.24. The van der Waals surface area contributed by atoms with E-state index in [9.17, 15) is 0 Å². The summed E-state index contributed by atoms with van der Waals surface area (Å²) in [4.78, 5) is 10.6. The molecule has 2 rings (SSSR count). The van der Waals surface area contributed by atoms with Gasteiger partial charge < -0.3 is 15.0 Å². The molecule has 1 saturated heterocycles. The van der Waals surface area contributed by atoms with Crippen LogP contribution in [0.25, 0.3) is 0 Å². The van der Waals surface area contributed by atoms with Crippen LogP contribution in [0.15, 0.2) is 12.4 Å². The van der Waals surface area contributed by atoms with E-state index >= 15 is 0 Å². The Kier molecular flexibility index (Phi) is 3.93. The Morgan fingerprint density at radius 2 is 2.31 bits per heavy atom. The van der Waals surface area contributed by atoms with Crippen molar-refractivity contribution in [2.45, 2.75) is 6.04 Å². The Balaban J connectivity index is 2.13. The van der Waals surface area contributed by atoms with Gasteiger partial charge in [0, 0.05) is 26.7 Å². The molecule has 0 radical (unpaired) electrons. The van der Waals surface area contributed by atoms with Gasteiger partial charge in [-0.05, 0) is 0 Å². The molecule has 2 heterocycles. The highest BCUT2D eigenvalue weighted by Crippen LogP contribution is 2.14. The third-order valence-corrected chi connectivity index (χ3v) is 2.77. The van der Waals surface area contributed by atoms with E-state index in [0.717, 1.165) is 19.6 Å². The first-order valence-corrected chi connectivity index (χ1v) is 5.63. The molecule has 1 aromatic rings. The van der Waals surface area contributed by atoms with E-state index in [1.807, 2.05) is 0 Å². The van der Waals surface area contributed by atoms with Gasteiger partial charge in [0.1, 0.15) is 0 Å². The molecule has 0 aliphatic carbocycles. The number of aromatic nitrogens is 2. The minimum absolute atomic E-state index is 0.278. The van der Waals surface area contributed by atoms with E-state index in [-0.39, 0.29) is 6.04 Å². The van der Waals surface area contributed by atoms with Crippen LogP contribution in [0.5, 0.6) is 0 Å².